The predicted molar refractivity (Wildman–Crippen MR) is 58.4 cm³/mol. The fourth-order valence-electron chi connectivity index (χ4n) is 1.81. The van der Waals surface area contributed by atoms with Crippen molar-refractivity contribution in [2.45, 2.75) is 39.2 Å². The molecule has 0 bridgehead atoms. The molecule has 78 valence electrons. The van der Waals surface area contributed by atoms with E-state index in [-0.39, 0.29) is 0 Å². The lowest BCUT2D eigenvalue weighted by molar-refractivity contribution is 0.161. The largest absolute Gasteiger partial charge is 0.316 e. The van der Waals surface area contributed by atoms with Gasteiger partial charge in [0.2, 0.25) is 0 Å². The van der Waals surface area contributed by atoms with Gasteiger partial charge in [-0.05, 0) is 29.9 Å². The topological polar surface area (TPSA) is 32.3 Å². The van der Waals surface area contributed by atoms with E-state index in [0.717, 1.165) is 5.56 Å². The van der Waals surface area contributed by atoms with Crippen molar-refractivity contribution in [3.8, 4) is 0 Å². The Morgan fingerprint density at radius 1 is 1.29 bits per heavy atom. The molecule has 0 aliphatic heterocycles. The van der Waals surface area contributed by atoms with Crippen molar-refractivity contribution in [2.24, 2.45) is 0 Å². The molecule has 0 aromatic heterocycles. The predicted octanol–water partition coefficient (Wildman–Crippen LogP) is 3.07. The van der Waals surface area contributed by atoms with Gasteiger partial charge in [0.15, 0.2) is 0 Å². The van der Waals surface area contributed by atoms with Crippen molar-refractivity contribution in [2.75, 3.05) is 0 Å². The molecular formula is C12H19NO. The molecule has 1 aromatic rings. The van der Waals surface area contributed by atoms with Gasteiger partial charge in [0.1, 0.15) is 0 Å². The van der Waals surface area contributed by atoms with E-state index >= 15 is 0 Å². The van der Waals surface area contributed by atoms with Crippen LogP contribution in [-0.4, -0.2) is 5.21 Å². The maximum absolute atomic E-state index is 8.61. The summed E-state index contributed by atoms with van der Waals surface area (Å²) < 4.78 is 0. The molecule has 0 amide bonds. The Morgan fingerprint density at radius 3 is 2.57 bits per heavy atom. The number of rotatable bonds is 5. The minimum atomic E-state index is 0.522. The summed E-state index contributed by atoms with van der Waals surface area (Å²) in [7, 11) is 0. The minimum Gasteiger partial charge on any atom is -0.316 e. The molecule has 2 nitrogen and oxygen atoms in total. The molecule has 2 N–H and O–H groups in total. The molecule has 0 radical (unpaired) electrons. The summed E-state index contributed by atoms with van der Waals surface area (Å²) in [6.07, 6.45) is 2.35. The highest BCUT2D eigenvalue weighted by Gasteiger charge is 2.06. The fourth-order valence-corrected chi connectivity index (χ4v) is 1.81. The van der Waals surface area contributed by atoms with Gasteiger partial charge >= 0.3 is 0 Å². The van der Waals surface area contributed by atoms with Crippen molar-refractivity contribution in [1.29, 1.82) is 0 Å². The molecule has 2 heteroatoms. The van der Waals surface area contributed by atoms with Gasteiger partial charge in [-0.3, -0.25) is 0 Å². The minimum absolute atomic E-state index is 0.522. The highest BCUT2D eigenvalue weighted by Crippen LogP contribution is 2.23. The molecule has 0 aliphatic rings. The summed E-state index contributed by atoms with van der Waals surface area (Å²) in [5.74, 6) is 0.647. The standard InChI is InChI=1S/C12H19NO/c1-3-11(4-2)12-7-5-6-10(8-12)9-13-14/h5-8,11,13-14H,3-4,9H2,1-2H3. The fraction of sp³-hybridized carbons (Fsp3) is 0.500. The van der Waals surface area contributed by atoms with E-state index in [4.69, 9.17) is 5.21 Å². The Morgan fingerprint density at radius 2 is 2.00 bits per heavy atom. The second-order valence-electron chi connectivity index (χ2n) is 3.59. The van der Waals surface area contributed by atoms with Gasteiger partial charge in [0, 0.05) is 6.54 Å². The van der Waals surface area contributed by atoms with E-state index in [1.807, 2.05) is 6.07 Å². The number of hydroxylamine groups is 1. The zero-order valence-corrected chi connectivity index (χ0v) is 8.96. The summed E-state index contributed by atoms with van der Waals surface area (Å²) in [6, 6.07) is 8.41. The second-order valence-corrected chi connectivity index (χ2v) is 3.59. The first-order valence-electron chi connectivity index (χ1n) is 5.27. The average Bonchev–Trinajstić information content (AvgIpc) is 2.21. The van der Waals surface area contributed by atoms with E-state index in [9.17, 15) is 0 Å². The zero-order valence-electron chi connectivity index (χ0n) is 8.96. The Kier molecular flexibility index (Phi) is 4.63. The maximum Gasteiger partial charge on any atom is 0.0458 e. The Hall–Kier alpha value is -0.860. The van der Waals surface area contributed by atoms with Crippen LogP contribution in [0.5, 0.6) is 0 Å². The van der Waals surface area contributed by atoms with Crippen molar-refractivity contribution in [3.63, 3.8) is 0 Å². The van der Waals surface area contributed by atoms with E-state index in [1.54, 1.807) is 0 Å². The van der Waals surface area contributed by atoms with E-state index in [0.29, 0.717) is 12.5 Å². The van der Waals surface area contributed by atoms with E-state index < -0.39 is 0 Å². The van der Waals surface area contributed by atoms with Gasteiger partial charge in [0.25, 0.3) is 0 Å². The number of hydrogen-bond acceptors (Lipinski definition) is 2. The van der Waals surface area contributed by atoms with Crippen LogP contribution < -0.4 is 5.48 Å². The van der Waals surface area contributed by atoms with Gasteiger partial charge in [0.05, 0.1) is 0 Å². The van der Waals surface area contributed by atoms with Crippen LogP contribution in [0.4, 0.5) is 0 Å². The number of nitrogens with one attached hydrogen (secondary N) is 1. The third-order valence-corrected chi connectivity index (χ3v) is 2.69. The molecule has 0 fully saturated rings. The third-order valence-electron chi connectivity index (χ3n) is 2.69. The van der Waals surface area contributed by atoms with Crippen LogP contribution in [0.25, 0.3) is 0 Å². The molecule has 0 saturated heterocycles. The van der Waals surface area contributed by atoms with Gasteiger partial charge in [-0.15, -0.1) is 0 Å². The van der Waals surface area contributed by atoms with Crippen molar-refractivity contribution < 1.29 is 5.21 Å². The molecule has 1 aromatic carbocycles. The lowest BCUT2D eigenvalue weighted by Gasteiger charge is -2.13. The summed E-state index contributed by atoms with van der Waals surface area (Å²) in [5.41, 5.74) is 4.70. The molecular weight excluding hydrogens is 174 g/mol. The smallest absolute Gasteiger partial charge is 0.0458 e. The summed E-state index contributed by atoms with van der Waals surface area (Å²) in [6.45, 7) is 4.95. The molecule has 0 saturated carbocycles. The van der Waals surface area contributed by atoms with Crippen molar-refractivity contribution >= 4 is 0 Å². The lowest BCUT2D eigenvalue weighted by atomic mass is 9.93. The van der Waals surface area contributed by atoms with Gasteiger partial charge in [-0.25, -0.2) is 5.48 Å². The van der Waals surface area contributed by atoms with Crippen LogP contribution in [0.1, 0.15) is 43.7 Å². The van der Waals surface area contributed by atoms with Crippen LogP contribution in [0, 0.1) is 0 Å². The average molecular weight is 193 g/mol. The van der Waals surface area contributed by atoms with Gasteiger partial charge in [-0.2, -0.15) is 0 Å². The van der Waals surface area contributed by atoms with Gasteiger partial charge < -0.3 is 5.21 Å². The summed E-state index contributed by atoms with van der Waals surface area (Å²) in [5, 5.41) is 8.61. The maximum atomic E-state index is 8.61. The van der Waals surface area contributed by atoms with Crippen molar-refractivity contribution in [1.82, 2.24) is 5.48 Å². The number of benzene rings is 1. The van der Waals surface area contributed by atoms with Crippen molar-refractivity contribution in [3.05, 3.63) is 35.4 Å². The highest BCUT2D eigenvalue weighted by molar-refractivity contribution is 5.26. The summed E-state index contributed by atoms with van der Waals surface area (Å²) in [4.78, 5) is 0. The van der Waals surface area contributed by atoms with Crippen LogP contribution in [0.15, 0.2) is 24.3 Å². The molecule has 0 spiro atoms. The van der Waals surface area contributed by atoms with Crippen LogP contribution in [-0.2, 0) is 6.54 Å². The molecule has 0 atom stereocenters. The quantitative estimate of drug-likeness (QED) is 0.704. The monoisotopic (exact) mass is 193 g/mol. The molecule has 1 rings (SSSR count). The zero-order chi connectivity index (χ0) is 10.4. The molecule has 0 unspecified atom stereocenters. The van der Waals surface area contributed by atoms with Gasteiger partial charge in [-0.1, -0.05) is 38.1 Å². The Bertz CT molecular complexity index is 269. The molecule has 14 heavy (non-hydrogen) atoms. The van der Waals surface area contributed by atoms with E-state index in [1.165, 1.54) is 18.4 Å². The lowest BCUT2D eigenvalue weighted by Crippen LogP contribution is -2.06. The first kappa shape index (κ1) is 11.2. The molecule has 0 heterocycles. The number of hydrogen-bond donors (Lipinski definition) is 2. The Balaban J connectivity index is 2.81. The SMILES string of the molecule is CCC(CC)c1cccc(CNO)c1. The van der Waals surface area contributed by atoms with Crippen LogP contribution >= 0.6 is 0 Å². The normalized spacial score (nSPS) is 10.9. The third kappa shape index (κ3) is 2.82. The highest BCUT2D eigenvalue weighted by atomic mass is 16.5. The van der Waals surface area contributed by atoms with Crippen LogP contribution in [0.3, 0.4) is 0 Å². The first-order chi connectivity index (χ1) is 6.81. The second kappa shape index (κ2) is 5.78. The van der Waals surface area contributed by atoms with Crippen LogP contribution in [0.2, 0.25) is 0 Å². The Labute approximate surface area is 85.9 Å². The van der Waals surface area contributed by atoms with E-state index in [2.05, 4.69) is 37.5 Å². The first-order valence-corrected chi connectivity index (χ1v) is 5.27. The summed E-state index contributed by atoms with van der Waals surface area (Å²) >= 11 is 0. The molecule has 0 aliphatic carbocycles.